The van der Waals surface area contributed by atoms with Crippen molar-refractivity contribution in [2.24, 2.45) is 4.99 Å². The summed E-state index contributed by atoms with van der Waals surface area (Å²) in [4.78, 5) is 7.47. The molecule has 0 radical (unpaired) electrons. The predicted molar refractivity (Wildman–Crippen MR) is 120 cm³/mol. The number of thioether (sulfide) groups is 3. The highest BCUT2D eigenvalue weighted by molar-refractivity contribution is 8.17. The first-order valence-corrected chi connectivity index (χ1v) is 11.4. The molecule has 1 unspecified atom stereocenters. The van der Waals surface area contributed by atoms with Crippen molar-refractivity contribution in [3.8, 4) is 0 Å². The molecule has 0 aliphatic heterocycles. The summed E-state index contributed by atoms with van der Waals surface area (Å²) < 4.78 is 0.427. The van der Waals surface area contributed by atoms with Crippen LogP contribution in [0.5, 0.6) is 0 Å². The summed E-state index contributed by atoms with van der Waals surface area (Å²) in [6.45, 7) is 0. The van der Waals surface area contributed by atoms with Gasteiger partial charge in [0, 0.05) is 16.2 Å². The lowest BCUT2D eigenvalue weighted by Crippen LogP contribution is -2.04. The molecule has 26 heavy (non-hydrogen) atoms. The van der Waals surface area contributed by atoms with Crippen molar-refractivity contribution < 1.29 is 0 Å². The van der Waals surface area contributed by atoms with Gasteiger partial charge in [-0.25, -0.2) is 4.99 Å². The number of rotatable bonds is 7. The van der Waals surface area contributed by atoms with Gasteiger partial charge in [0.25, 0.3) is 0 Å². The first kappa shape index (κ1) is 19.2. The fourth-order valence-electron chi connectivity index (χ4n) is 2.35. The van der Waals surface area contributed by atoms with Gasteiger partial charge in [0.05, 0.1) is 15.3 Å². The normalized spacial score (nSPS) is 12.7. The highest BCUT2D eigenvalue weighted by Crippen LogP contribution is 2.35. The highest BCUT2D eigenvalue weighted by Gasteiger charge is 2.14. The third-order valence-electron chi connectivity index (χ3n) is 3.60. The topological polar surface area (TPSA) is 12.4 Å². The Hall–Kier alpha value is -1.62. The third-order valence-corrected chi connectivity index (χ3v) is 7.14. The minimum absolute atomic E-state index is 0.427. The summed E-state index contributed by atoms with van der Waals surface area (Å²) in [6, 6.07) is 31.3. The van der Waals surface area contributed by atoms with Crippen LogP contribution in [0.25, 0.3) is 0 Å². The Labute approximate surface area is 168 Å². The van der Waals surface area contributed by atoms with Crippen molar-refractivity contribution in [2.45, 2.75) is 20.8 Å². The molecule has 0 spiro atoms. The summed E-state index contributed by atoms with van der Waals surface area (Å²) in [5, 5.41) is 1.14. The van der Waals surface area contributed by atoms with E-state index in [9.17, 15) is 0 Å². The van der Waals surface area contributed by atoms with Gasteiger partial charge in [-0.1, -0.05) is 66.4 Å². The largest absolute Gasteiger partial charge is 0.246 e. The Bertz CT molecular complexity index is 805. The molecule has 0 N–H and O–H groups in total. The van der Waals surface area contributed by atoms with Crippen LogP contribution in [0, 0.1) is 0 Å². The van der Waals surface area contributed by atoms with Gasteiger partial charge in [0.2, 0.25) is 0 Å². The van der Waals surface area contributed by atoms with Crippen LogP contribution in [0.3, 0.4) is 0 Å². The van der Waals surface area contributed by atoms with Crippen molar-refractivity contribution in [3.63, 3.8) is 0 Å². The number of benzene rings is 3. The fourth-order valence-corrected chi connectivity index (χ4v) is 5.43. The zero-order valence-electron chi connectivity index (χ0n) is 14.6. The predicted octanol–water partition coefficient (Wildman–Crippen LogP) is 7.38. The molecule has 1 atom stereocenters. The lowest BCUT2D eigenvalue weighted by Gasteiger charge is -2.15. The first-order valence-electron chi connectivity index (χ1n) is 8.43. The van der Waals surface area contributed by atoms with Gasteiger partial charge in [0.15, 0.2) is 0 Å². The molecule has 1 nitrogen and oxygen atoms in total. The molecule has 3 aromatic rings. The van der Waals surface area contributed by atoms with Crippen LogP contribution in [0.1, 0.15) is 6.42 Å². The fraction of sp³-hybridized carbons (Fsp3) is 0.136. The van der Waals surface area contributed by atoms with E-state index in [2.05, 4.69) is 73.0 Å². The van der Waals surface area contributed by atoms with Gasteiger partial charge in [-0.15, -0.1) is 11.8 Å². The number of aliphatic imine (C=N–C) groups is 1. The molecular formula is C22H21NS3. The average molecular weight is 396 g/mol. The standard InChI is InChI=1S/C22H21NS3/c1-24-22(26-20-15-9-4-10-16-20)17-21(23-18-11-5-2-6-12-18)25-19-13-7-3-8-14-19/h2-16,22H,17H2,1H3. The minimum Gasteiger partial charge on any atom is -0.246 e. The Kier molecular flexibility index (Phi) is 7.74. The van der Waals surface area contributed by atoms with Gasteiger partial charge in [-0.2, -0.15) is 11.8 Å². The van der Waals surface area contributed by atoms with Crippen molar-refractivity contribution in [1.82, 2.24) is 0 Å². The molecule has 0 aliphatic carbocycles. The van der Waals surface area contributed by atoms with E-state index < -0.39 is 0 Å². The van der Waals surface area contributed by atoms with Crippen LogP contribution in [0.15, 0.2) is 106 Å². The van der Waals surface area contributed by atoms with Crippen molar-refractivity contribution >= 4 is 46.0 Å². The monoisotopic (exact) mass is 395 g/mol. The molecule has 0 amide bonds. The molecule has 3 aromatic carbocycles. The van der Waals surface area contributed by atoms with E-state index in [1.165, 1.54) is 9.79 Å². The Morgan fingerprint density at radius 3 is 1.88 bits per heavy atom. The summed E-state index contributed by atoms with van der Waals surface area (Å²) in [6.07, 6.45) is 3.10. The molecule has 0 aromatic heterocycles. The molecule has 0 aliphatic rings. The number of hydrogen-bond acceptors (Lipinski definition) is 4. The Morgan fingerprint density at radius 2 is 1.31 bits per heavy atom. The Morgan fingerprint density at radius 1 is 0.769 bits per heavy atom. The molecule has 3 rings (SSSR count). The highest BCUT2D eigenvalue weighted by atomic mass is 32.2. The molecule has 132 valence electrons. The van der Waals surface area contributed by atoms with E-state index in [4.69, 9.17) is 4.99 Å². The van der Waals surface area contributed by atoms with Crippen LogP contribution < -0.4 is 0 Å². The van der Waals surface area contributed by atoms with Crippen LogP contribution in [0.2, 0.25) is 0 Å². The number of nitrogens with zero attached hydrogens (tertiary/aromatic N) is 1. The third kappa shape index (κ3) is 6.27. The van der Waals surface area contributed by atoms with E-state index in [1.54, 1.807) is 11.8 Å². The van der Waals surface area contributed by atoms with Gasteiger partial charge in [0.1, 0.15) is 0 Å². The molecule has 0 bridgehead atoms. The van der Waals surface area contributed by atoms with E-state index >= 15 is 0 Å². The zero-order chi connectivity index (χ0) is 18.0. The second kappa shape index (κ2) is 10.5. The first-order chi connectivity index (χ1) is 12.8. The van der Waals surface area contributed by atoms with Gasteiger partial charge >= 0.3 is 0 Å². The maximum atomic E-state index is 4.94. The summed E-state index contributed by atoms with van der Waals surface area (Å²) in [7, 11) is 0. The van der Waals surface area contributed by atoms with E-state index in [0.717, 1.165) is 17.2 Å². The SMILES string of the molecule is CSC(CC(=Nc1ccccc1)Sc1ccccc1)Sc1ccccc1. The minimum atomic E-state index is 0.427. The molecule has 4 heteroatoms. The van der Waals surface area contributed by atoms with Crippen LogP contribution in [0.4, 0.5) is 5.69 Å². The Balaban J connectivity index is 1.78. The maximum Gasteiger partial charge on any atom is 0.0805 e. The van der Waals surface area contributed by atoms with Gasteiger partial charge in [-0.3, -0.25) is 0 Å². The number of para-hydroxylation sites is 1. The van der Waals surface area contributed by atoms with Gasteiger partial charge in [-0.05, 0) is 42.7 Å². The second-order valence-corrected chi connectivity index (χ2v) is 9.32. The van der Waals surface area contributed by atoms with Crippen LogP contribution in [-0.4, -0.2) is 15.9 Å². The summed E-state index contributed by atoms with van der Waals surface area (Å²) in [5.41, 5.74) is 1.01. The van der Waals surface area contributed by atoms with E-state index in [-0.39, 0.29) is 0 Å². The smallest absolute Gasteiger partial charge is 0.0805 e. The lowest BCUT2D eigenvalue weighted by atomic mass is 10.3. The van der Waals surface area contributed by atoms with Crippen molar-refractivity contribution in [3.05, 3.63) is 91.0 Å². The lowest BCUT2D eigenvalue weighted by molar-refractivity contribution is 1.24. The molecule has 0 saturated heterocycles. The maximum absolute atomic E-state index is 4.94. The van der Waals surface area contributed by atoms with Gasteiger partial charge < -0.3 is 0 Å². The van der Waals surface area contributed by atoms with Crippen molar-refractivity contribution in [1.29, 1.82) is 0 Å². The molecule has 0 heterocycles. The molecular weight excluding hydrogens is 374 g/mol. The van der Waals surface area contributed by atoms with Crippen LogP contribution in [-0.2, 0) is 0 Å². The van der Waals surface area contributed by atoms with E-state index in [0.29, 0.717) is 4.58 Å². The second-order valence-electron chi connectivity index (χ2n) is 5.56. The summed E-state index contributed by atoms with van der Waals surface area (Å²) in [5.74, 6) is 0. The van der Waals surface area contributed by atoms with Crippen molar-refractivity contribution in [2.75, 3.05) is 6.26 Å². The van der Waals surface area contributed by atoms with Crippen LogP contribution >= 0.6 is 35.3 Å². The zero-order valence-corrected chi connectivity index (χ0v) is 17.1. The molecule has 0 saturated carbocycles. The average Bonchev–Trinajstić information content (AvgIpc) is 2.70. The number of hydrogen-bond donors (Lipinski definition) is 0. The quantitative estimate of drug-likeness (QED) is 0.179. The summed E-state index contributed by atoms with van der Waals surface area (Å²) >= 11 is 5.55. The van der Waals surface area contributed by atoms with E-state index in [1.807, 2.05) is 47.8 Å². The molecule has 0 fully saturated rings.